The Balaban J connectivity index is 1.88. The highest BCUT2D eigenvalue weighted by atomic mass is 19.4. The number of amides is 1. The second-order valence-corrected chi connectivity index (χ2v) is 6.06. The number of carbonyl (C=O) groups is 1. The van der Waals surface area contributed by atoms with Gasteiger partial charge in [-0.2, -0.15) is 13.2 Å². The fraction of sp³-hybridized carbons (Fsp3) is 0.643. The van der Waals surface area contributed by atoms with Crippen LogP contribution >= 0.6 is 0 Å². The number of alkyl halides is 3. The molecule has 1 saturated heterocycles. The molecule has 120 valence electrons. The number of aryl methyl sites for hydroxylation is 1. The molecule has 5 nitrogen and oxygen atoms in total. The minimum atomic E-state index is -4.45. The highest BCUT2D eigenvalue weighted by molar-refractivity contribution is 5.78. The number of hydrogen-bond acceptors (Lipinski definition) is 4. The lowest BCUT2D eigenvalue weighted by Crippen LogP contribution is -2.37. The van der Waals surface area contributed by atoms with Gasteiger partial charge in [0.1, 0.15) is 11.6 Å². The van der Waals surface area contributed by atoms with Gasteiger partial charge in [-0.3, -0.25) is 4.79 Å². The van der Waals surface area contributed by atoms with E-state index in [0.717, 1.165) is 18.5 Å². The Kier molecular flexibility index (Phi) is 3.49. The average molecular weight is 314 g/mol. The van der Waals surface area contributed by atoms with Gasteiger partial charge in [-0.1, -0.05) is 0 Å². The monoisotopic (exact) mass is 314 g/mol. The summed E-state index contributed by atoms with van der Waals surface area (Å²) in [5.41, 5.74) is 5.87. The van der Waals surface area contributed by atoms with Crippen molar-refractivity contribution in [3.8, 4) is 0 Å². The Hall–Kier alpha value is -1.86. The number of rotatable bonds is 3. The number of aromatic nitrogens is 2. The van der Waals surface area contributed by atoms with E-state index in [4.69, 9.17) is 5.73 Å². The number of nitrogens with zero attached hydrogens (tertiary/aromatic N) is 3. The minimum absolute atomic E-state index is 0.0555. The zero-order valence-electron chi connectivity index (χ0n) is 12.1. The van der Waals surface area contributed by atoms with Crippen molar-refractivity contribution in [1.29, 1.82) is 0 Å². The molecule has 1 aliphatic heterocycles. The van der Waals surface area contributed by atoms with Crippen molar-refractivity contribution < 1.29 is 18.0 Å². The molecule has 2 N–H and O–H groups in total. The van der Waals surface area contributed by atoms with Crippen LogP contribution in [0.3, 0.4) is 0 Å². The third-order valence-corrected chi connectivity index (χ3v) is 4.23. The Labute approximate surface area is 125 Å². The Morgan fingerprint density at radius 2 is 2.00 bits per heavy atom. The van der Waals surface area contributed by atoms with Crippen LogP contribution in [-0.4, -0.2) is 35.1 Å². The molecule has 1 amide bonds. The highest BCUT2D eigenvalue weighted by Crippen LogP contribution is 2.41. The molecule has 0 spiro atoms. The van der Waals surface area contributed by atoms with Gasteiger partial charge < -0.3 is 10.6 Å². The topological polar surface area (TPSA) is 72.1 Å². The van der Waals surface area contributed by atoms with E-state index in [1.54, 1.807) is 13.0 Å². The summed E-state index contributed by atoms with van der Waals surface area (Å²) in [6.07, 6.45) is -2.42. The van der Waals surface area contributed by atoms with Crippen molar-refractivity contribution in [2.24, 2.45) is 17.6 Å². The second-order valence-electron chi connectivity index (χ2n) is 6.06. The van der Waals surface area contributed by atoms with E-state index in [0.29, 0.717) is 17.6 Å². The van der Waals surface area contributed by atoms with Gasteiger partial charge in [0.05, 0.1) is 11.8 Å². The number of hydrogen-bond donors (Lipinski definition) is 1. The first-order valence-corrected chi connectivity index (χ1v) is 7.22. The van der Waals surface area contributed by atoms with Crippen molar-refractivity contribution >= 4 is 11.7 Å². The summed E-state index contributed by atoms with van der Waals surface area (Å²) in [6, 6.07) is 1.66. The highest BCUT2D eigenvalue weighted by Gasteiger charge is 2.52. The number of halogens is 3. The Bertz CT molecular complexity index is 600. The van der Waals surface area contributed by atoms with Gasteiger partial charge in [-0.05, 0) is 19.8 Å². The Morgan fingerprint density at radius 3 is 2.50 bits per heavy atom. The maximum absolute atomic E-state index is 13.1. The first-order chi connectivity index (χ1) is 10.3. The zero-order chi connectivity index (χ0) is 16.1. The van der Waals surface area contributed by atoms with E-state index in [1.165, 1.54) is 4.90 Å². The van der Waals surface area contributed by atoms with Crippen LogP contribution in [0.5, 0.6) is 0 Å². The molecule has 0 unspecified atom stereocenters. The fourth-order valence-corrected chi connectivity index (χ4v) is 2.87. The third-order valence-electron chi connectivity index (χ3n) is 4.23. The first-order valence-electron chi connectivity index (χ1n) is 7.22. The molecule has 22 heavy (non-hydrogen) atoms. The van der Waals surface area contributed by atoms with E-state index in [2.05, 4.69) is 9.97 Å². The molecular weight excluding hydrogens is 297 g/mol. The lowest BCUT2D eigenvalue weighted by atomic mass is 9.95. The van der Waals surface area contributed by atoms with Crippen LogP contribution in [-0.2, 0) is 4.79 Å². The van der Waals surface area contributed by atoms with Crippen LogP contribution in [0.1, 0.15) is 30.3 Å². The molecule has 2 atom stereocenters. The van der Waals surface area contributed by atoms with Gasteiger partial charge in [-0.15, -0.1) is 0 Å². The van der Waals surface area contributed by atoms with Gasteiger partial charge in [0.15, 0.2) is 0 Å². The van der Waals surface area contributed by atoms with Crippen molar-refractivity contribution in [3.05, 3.63) is 17.6 Å². The van der Waals surface area contributed by atoms with Gasteiger partial charge in [0, 0.05) is 30.8 Å². The third kappa shape index (κ3) is 2.86. The van der Waals surface area contributed by atoms with Gasteiger partial charge >= 0.3 is 6.18 Å². The Morgan fingerprint density at radius 1 is 1.32 bits per heavy atom. The van der Waals surface area contributed by atoms with E-state index in [9.17, 15) is 18.0 Å². The van der Waals surface area contributed by atoms with Crippen molar-refractivity contribution in [1.82, 2.24) is 9.97 Å². The van der Waals surface area contributed by atoms with Crippen molar-refractivity contribution in [2.45, 2.75) is 31.9 Å². The van der Waals surface area contributed by atoms with Crippen LogP contribution in [0.2, 0.25) is 0 Å². The molecule has 2 fully saturated rings. The molecule has 0 bridgehead atoms. The molecule has 1 aliphatic carbocycles. The minimum Gasteiger partial charge on any atom is -0.369 e. The fourth-order valence-electron chi connectivity index (χ4n) is 2.87. The summed E-state index contributed by atoms with van der Waals surface area (Å²) in [4.78, 5) is 21.6. The predicted octanol–water partition coefficient (Wildman–Crippen LogP) is 1.76. The van der Waals surface area contributed by atoms with E-state index >= 15 is 0 Å². The first kappa shape index (κ1) is 15.1. The molecule has 8 heteroatoms. The van der Waals surface area contributed by atoms with Crippen molar-refractivity contribution in [3.63, 3.8) is 0 Å². The molecule has 1 aromatic rings. The van der Waals surface area contributed by atoms with E-state index in [-0.39, 0.29) is 13.1 Å². The maximum Gasteiger partial charge on any atom is 0.394 e. The normalized spacial score (nSPS) is 25.5. The molecule has 2 heterocycles. The predicted molar refractivity (Wildman–Crippen MR) is 73.2 cm³/mol. The summed E-state index contributed by atoms with van der Waals surface area (Å²) >= 11 is 0. The van der Waals surface area contributed by atoms with Crippen LogP contribution in [0, 0.1) is 18.8 Å². The molecule has 2 aliphatic rings. The number of primary amides is 1. The molecular formula is C14H17F3N4O. The average Bonchev–Trinajstić information content (AvgIpc) is 3.14. The summed E-state index contributed by atoms with van der Waals surface area (Å²) in [5, 5.41) is 0. The summed E-state index contributed by atoms with van der Waals surface area (Å²) in [7, 11) is 0. The standard InChI is InChI=1S/C14H17F3N4O/c1-7-4-11(20-13(19-7)8-2-3-8)21-5-9(12(18)22)10(6-21)14(15,16)17/h4,8-10H,2-3,5-6H2,1H3,(H2,18,22)/t9-,10-/m1/s1. The van der Waals surface area contributed by atoms with Gasteiger partial charge in [0.2, 0.25) is 5.91 Å². The smallest absolute Gasteiger partial charge is 0.369 e. The summed E-state index contributed by atoms with van der Waals surface area (Å²) in [5.74, 6) is -2.46. The quantitative estimate of drug-likeness (QED) is 0.923. The number of carbonyl (C=O) groups excluding carboxylic acids is 1. The van der Waals surface area contributed by atoms with Crippen LogP contribution < -0.4 is 10.6 Å². The lowest BCUT2D eigenvalue weighted by Gasteiger charge is -2.19. The van der Waals surface area contributed by atoms with Crippen LogP contribution in [0.4, 0.5) is 19.0 Å². The van der Waals surface area contributed by atoms with E-state index in [1.807, 2.05) is 0 Å². The van der Waals surface area contributed by atoms with Gasteiger partial charge in [-0.25, -0.2) is 9.97 Å². The van der Waals surface area contributed by atoms with Crippen LogP contribution in [0.15, 0.2) is 6.07 Å². The largest absolute Gasteiger partial charge is 0.394 e. The van der Waals surface area contributed by atoms with Crippen molar-refractivity contribution in [2.75, 3.05) is 18.0 Å². The summed E-state index contributed by atoms with van der Waals surface area (Å²) in [6.45, 7) is 1.44. The number of nitrogens with two attached hydrogens (primary N) is 1. The molecule has 3 rings (SSSR count). The molecule has 0 aromatic carbocycles. The number of anilines is 1. The lowest BCUT2D eigenvalue weighted by molar-refractivity contribution is -0.181. The molecule has 1 aromatic heterocycles. The van der Waals surface area contributed by atoms with Gasteiger partial charge in [0.25, 0.3) is 0 Å². The molecule has 1 saturated carbocycles. The SMILES string of the molecule is Cc1cc(N2C[C@@H](C(F)(F)F)[C@H](C(N)=O)C2)nc(C2CC2)n1. The molecule has 0 radical (unpaired) electrons. The maximum atomic E-state index is 13.1. The second kappa shape index (κ2) is 5.10. The van der Waals surface area contributed by atoms with Crippen LogP contribution in [0.25, 0.3) is 0 Å². The van der Waals surface area contributed by atoms with E-state index < -0.39 is 23.9 Å². The summed E-state index contributed by atoms with van der Waals surface area (Å²) < 4.78 is 39.3. The zero-order valence-corrected chi connectivity index (χ0v) is 12.1.